The minimum atomic E-state index is 0.428. The standard InChI is InChI=1S/C25H23ClN2OS/c1-5-19(17(2)3)13-12-18(4)23-25(30-22-15-14-21(26)16-27-22)29-24(28-23)20-10-8-6-7-9-11-20/h5-6,8,10,12-17H,4,7H2,1-3H3/b13-12-,19-5+. The van der Waals surface area contributed by atoms with Crippen LogP contribution >= 0.6 is 23.4 Å². The fourth-order valence-electron chi connectivity index (χ4n) is 2.71. The van der Waals surface area contributed by atoms with Crippen molar-refractivity contribution in [3.8, 4) is 11.8 Å². The average Bonchev–Trinajstić information content (AvgIpc) is 2.95. The maximum Gasteiger partial charge on any atom is 0.236 e. The summed E-state index contributed by atoms with van der Waals surface area (Å²) in [4.78, 5) is 9.08. The third kappa shape index (κ3) is 5.66. The minimum Gasteiger partial charge on any atom is -0.428 e. The number of oxazole rings is 1. The van der Waals surface area contributed by atoms with Gasteiger partial charge in [0.05, 0.1) is 10.6 Å². The molecular weight excluding hydrogens is 412 g/mol. The smallest absolute Gasteiger partial charge is 0.236 e. The van der Waals surface area contributed by atoms with Crippen LogP contribution in [0.3, 0.4) is 0 Å². The highest BCUT2D eigenvalue weighted by Gasteiger charge is 2.19. The van der Waals surface area contributed by atoms with Crippen molar-refractivity contribution in [3.05, 3.63) is 83.5 Å². The van der Waals surface area contributed by atoms with Crippen LogP contribution in [0.5, 0.6) is 0 Å². The first-order valence-corrected chi connectivity index (χ1v) is 10.9. The molecule has 5 heteroatoms. The highest BCUT2D eigenvalue weighted by molar-refractivity contribution is 7.99. The van der Waals surface area contributed by atoms with Crippen LogP contribution in [0.1, 0.15) is 38.8 Å². The van der Waals surface area contributed by atoms with Crippen LogP contribution in [0, 0.1) is 17.8 Å². The molecule has 3 nitrogen and oxygen atoms in total. The first kappa shape index (κ1) is 22.0. The molecule has 0 radical (unpaired) electrons. The lowest BCUT2D eigenvalue weighted by Crippen LogP contribution is -1.90. The van der Waals surface area contributed by atoms with Crippen molar-refractivity contribution in [2.45, 2.75) is 37.3 Å². The zero-order valence-electron chi connectivity index (χ0n) is 17.3. The van der Waals surface area contributed by atoms with Crippen LogP contribution in [0.4, 0.5) is 0 Å². The van der Waals surface area contributed by atoms with Crippen molar-refractivity contribution >= 4 is 34.5 Å². The number of nitrogens with zero attached hydrogens (tertiary/aromatic N) is 2. The highest BCUT2D eigenvalue weighted by Crippen LogP contribution is 2.35. The Kier molecular flexibility index (Phi) is 7.57. The van der Waals surface area contributed by atoms with Gasteiger partial charge >= 0.3 is 0 Å². The molecule has 0 N–H and O–H groups in total. The first-order valence-electron chi connectivity index (χ1n) is 9.67. The normalized spacial score (nSPS) is 13.9. The topological polar surface area (TPSA) is 38.9 Å². The van der Waals surface area contributed by atoms with Crippen molar-refractivity contribution in [2.24, 2.45) is 5.92 Å². The largest absolute Gasteiger partial charge is 0.428 e. The summed E-state index contributed by atoms with van der Waals surface area (Å²) in [5, 5.41) is 1.97. The summed E-state index contributed by atoms with van der Waals surface area (Å²) in [7, 11) is 0. The van der Waals surface area contributed by atoms with Gasteiger partial charge in [0.2, 0.25) is 5.89 Å². The van der Waals surface area contributed by atoms with Crippen molar-refractivity contribution in [1.82, 2.24) is 9.97 Å². The molecule has 2 aromatic heterocycles. The lowest BCUT2D eigenvalue weighted by molar-refractivity contribution is 0.458. The molecule has 0 bridgehead atoms. The number of rotatable bonds is 7. The van der Waals surface area contributed by atoms with Crippen molar-refractivity contribution in [3.63, 3.8) is 0 Å². The molecule has 2 aromatic rings. The Hall–Kier alpha value is -2.74. The van der Waals surface area contributed by atoms with Gasteiger partial charge in [-0.1, -0.05) is 74.2 Å². The maximum absolute atomic E-state index is 6.11. The van der Waals surface area contributed by atoms with E-state index in [2.05, 4.69) is 49.4 Å². The molecular formula is C25H23ClN2OS. The van der Waals surface area contributed by atoms with Crippen molar-refractivity contribution in [1.29, 1.82) is 0 Å². The minimum absolute atomic E-state index is 0.428. The summed E-state index contributed by atoms with van der Waals surface area (Å²) in [5.41, 5.74) is 3.42. The molecule has 0 atom stereocenters. The molecule has 0 saturated heterocycles. The second kappa shape index (κ2) is 10.3. The zero-order chi connectivity index (χ0) is 21.5. The molecule has 30 heavy (non-hydrogen) atoms. The summed E-state index contributed by atoms with van der Waals surface area (Å²) in [5.74, 6) is 7.11. The van der Waals surface area contributed by atoms with E-state index in [4.69, 9.17) is 21.0 Å². The number of allylic oxidation sites excluding steroid dienone is 9. The number of hydrogen-bond acceptors (Lipinski definition) is 4. The van der Waals surface area contributed by atoms with E-state index in [9.17, 15) is 0 Å². The number of aromatic nitrogens is 2. The molecule has 0 amide bonds. The Morgan fingerprint density at radius 2 is 2.17 bits per heavy atom. The molecule has 152 valence electrons. The van der Waals surface area contributed by atoms with Crippen LogP contribution in [-0.4, -0.2) is 9.97 Å². The van der Waals surface area contributed by atoms with Crippen LogP contribution in [0.15, 0.2) is 81.5 Å². The summed E-state index contributed by atoms with van der Waals surface area (Å²) >= 11 is 7.35. The predicted molar refractivity (Wildman–Crippen MR) is 126 cm³/mol. The number of pyridine rings is 1. The first-order chi connectivity index (χ1) is 14.5. The molecule has 1 aliphatic rings. The van der Waals surface area contributed by atoms with E-state index >= 15 is 0 Å². The number of hydrogen-bond donors (Lipinski definition) is 0. The van der Waals surface area contributed by atoms with Gasteiger partial charge in [0.25, 0.3) is 0 Å². The van der Waals surface area contributed by atoms with E-state index in [1.807, 2.05) is 37.3 Å². The Balaban J connectivity index is 1.98. The SMILES string of the molecule is C=C(/C=C\C(=C/C)C(C)C)c1nc(C2=CC=CCC#C2)oc1Sc1ccc(Cl)cn1. The average molecular weight is 435 g/mol. The predicted octanol–water partition coefficient (Wildman–Crippen LogP) is 7.39. The Labute approximate surface area is 187 Å². The van der Waals surface area contributed by atoms with Gasteiger partial charge < -0.3 is 4.42 Å². The monoisotopic (exact) mass is 434 g/mol. The summed E-state index contributed by atoms with van der Waals surface area (Å²) in [6, 6.07) is 3.65. The lowest BCUT2D eigenvalue weighted by Gasteiger charge is -2.05. The van der Waals surface area contributed by atoms with Gasteiger partial charge in [-0.15, -0.1) is 0 Å². The summed E-state index contributed by atoms with van der Waals surface area (Å²) < 4.78 is 6.11. The third-order valence-corrected chi connectivity index (χ3v) is 5.48. The van der Waals surface area contributed by atoms with E-state index in [1.165, 1.54) is 17.3 Å². The van der Waals surface area contributed by atoms with Gasteiger partial charge in [-0.2, -0.15) is 0 Å². The Bertz CT molecular complexity index is 1110. The molecule has 1 aliphatic carbocycles. The third-order valence-electron chi connectivity index (χ3n) is 4.35. The summed E-state index contributed by atoms with van der Waals surface area (Å²) in [6.45, 7) is 10.6. The molecule has 0 saturated carbocycles. The van der Waals surface area contributed by atoms with E-state index in [0.717, 1.165) is 16.2 Å². The van der Waals surface area contributed by atoms with Crippen LogP contribution in [0.25, 0.3) is 11.1 Å². The van der Waals surface area contributed by atoms with E-state index in [1.54, 1.807) is 12.3 Å². The highest BCUT2D eigenvalue weighted by atomic mass is 35.5. The second-order valence-corrected chi connectivity index (χ2v) is 8.32. The zero-order valence-corrected chi connectivity index (χ0v) is 18.8. The summed E-state index contributed by atoms with van der Waals surface area (Å²) in [6.07, 6.45) is 14.3. The molecule has 0 unspecified atom stereocenters. The van der Waals surface area contributed by atoms with Crippen LogP contribution in [-0.2, 0) is 0 Å². The van der Waals surface area contributed by atoms with E-state index in [-0.39, 0.29) is 0 Å². The van der Waals surface area contributed by atoms with Gasteiger partial charge in [0.1, 0.15) is 10.7 Å². The molecule has 0 fully saturated rings. The Morgan fingerprint density at radius 1 is 1.33 bits per heavy atom. The molecule has 2 heterocycles. The van der Waals surface area contributed by atoms with Gasteiger partial charge in [0.15, 0.2) is 5.09 Å². The van der Waals surface area contributed by atoms with Crippen molar-refractivity contribution in [2.75, 3.05) is 0 Å². The quantitative estimate of drug-likeness (QED) is 0.336. The fraction of sp³-hybridized carbons (Fsp3) is 0.200. The van der Waals surface area contributed by atoms with E-state index < -0.39 is 0 Å². The fourth-order valence-corrected chi connectivity index (χ4v) is 3.65. The van der Waals surface area contributed by atoms with Gasteiger partial charge in [-0.3, -0.25) is 0 Å². The molecule has 0 aromatic carbocycles. The molecule has 3 rings (SSSR count). The number of halogens is 1. The maximum atomic E-state index is 6.11. The Morgan fingerprint density at radius 3 is 2.87 bits per heavy atom. The van der Waals surface area contributed by atoms with E-state index in [0.29, 0.717) is 34.0 Å². The molecule has 0 aliphatic heterocycles. The molecule has 0 spiro atoms. The second-order valence-electron chi connectivity index (χ2n) is 6.89. The van der Waals surface area contributed by atoms with Crippen LogP contribution in [0.2, 0.25) is 5.02 Å². The van der Waals surface area contributed by atoms with Gasteiger partial charge in [0, 0.05) is 12.6 Å². The van der Waals surface area contributed by atoms with Gasteiger partial charge in [-0.05, 0) is 54.0 Å². The van der Waals surface area contributed by atoms with Crippen LogP contribution < -0.4 is 0 Å². The lowest BCUT2D eigenvalue weighted by atomic mass is 10.0. The van der Waals surface area contributed by atoms with Gasteiger partial charge in [-0.25, -0.2) is 9.97 Å². The van der Waals surface area contributed by atoms with Crippen molar-refractivity contribution < 1.29 is 4.42 Å².